The number of carbonyl (C=O) groups is 1. The Balaban J connectivity index is 1.27. The quantitative estimate of drug-likeness (QED) is 0.344. The van der Waals surface area contributed by atoms with Crippen LogP contribution in [0.15, 0.2) is 60.8 Å². The molecule has 10 nitrogen and oxygen atoms in total. The largest absolute Gasteiger partial charge is 0.396 e. The fourth-order valence-corrected chi connectivity index (χ4v) is 6.18. The number of aliphatic hydroxyl groups is 1. The van der Waals surface area contributed by atoms with Crippen LogP contribution in [0.1, 0.15) is 41.0 Å². The summed E-state index contributed by atoms with van der Waals surface area (Å²) in [5, 5.41) is 22.8. The van der Waals surface area contributed by atoms with Crippen molar-refractivity contribution < 1.29 is 14.3 Å². The molecule has 1 saturated heterocycles. The van der Waals surface area contributed by atoms with Crippen molar-refractivity contribution in [2.75, 3.05) is 31.1 Å². The molecule has 2 aliphatic heterocycles. The van der Waals surface area contributed by atoms with E-state index in [4.69, 9.17) is 10.1 Å². The fraction of sp³-hybridized carbons (Fsp3) is 0.323. The number of rotatable bonds is 5. The molecule has 1 N–H and O–H groups in total. The van der Waals surface area contributed by atoms with Gasteiger partial charge in [0.2, 0.25) is 0 Å². The summed E-state index contributed by atoms with van der Waals surface area (Å²) in [6.45, 7) is 4.23. The van der Waals surface area contributed by atoms with Gasteiger partial charge in [0.05, 0.1) is 23.6 Å². The number of carbonyl (C=O) groups excluding carboxylic acids is 1. The molecule has 7 rings (SSSR count). The molecule has 42 heavy (non-hydrogen) atoms. The molecule has 214 valence electrons. The Hall–Kier alpha value is -4.64. The molecule has 0 radical (unpaired) electrons. The Kier molecular flexibility index (Phi) is 6.46. The lowest BCUT2D eigenvalue weighted by atomic mass is 9.93. The minimum atomic E-state index is -0.401. The van der Waals surface area contributed by atoms with E-state index < -0.39 is 5.82 Å². The van der Waals surface area contributed by atoms with Crippen LogP contribution < -0.4 is 4.90 Å². The van der Waals surface area contributed by atoms with E-state index in [1.165, 1.54) is 16.4 Å². The van der Waals surface area contributed by atoms with Crippen molar-refractivity contribution in [1.29, 1.82) is 0 Å². The molecule has 1 amide bonds. The van der Waals surface area contributed by atoms with Gasteiger partial charge in [-0.05, 0) is 55.2 Å². The summed E-state index contributed by atoms with van der Waals surface area (Å²) < 4.78 is 17.1. The number of benzene rings is 2. The molecule has 1 fully saturated rings. The molecule has 5 aromatic rings. The van der Waals surface area contributed by atoms with E-state index in [1.54, 1.807) is 36.0 Å². The molecule has 2 atom stereocenters. The van der Waals surface area contributed by atoms with Crippen LogP contribution in [0.4, 0.5) is 10.1 Å². The van der Waals surface area contributed by atoms with Gasteiger partial charge in [0, 0.05) is 56.5 Å². The van der Waals surface area contributed by atoms with E-state index in [0.717, 1.165) is 30.6 Å². The number of aromatic nitrogens is 6. The second-order valence-corrected chi connectivity index (χ2v) is 11.1. The molecule has 2 aromatic carbocycles. The maximum atomic E-state index is 15.5. The zero-order valence-electron chi connectivity index (χ0n) is 23.5. The third-order valence-corrected chi connectivity index (χ3v) is 8.50. The smallest absolute Gasteiger partial charge is 0.273 e. The third-order valence-electron chi connectivity index (χ3n) is 8.50. The van der Waals surface area contributed by atoms with Crippen molar-refractivity contribution in [3.8, 4) is 22.6 Å². The highest BCUT2D eigenvalue weighted by Gasteiger charge is 2.30. The van der Waals surface area contributed by atoms with Gasteiger partial charge in [0.1, 0.15) is 17.2 Å². The van der Waals surface area contributed by atoms with Gasteiger partial charge in [-0.3, -0.25) is 4.79 Å². The van der Waals surface area contributed by atoms with Crippen LogP contribution in [0.25, 0.3) is 28.3 Å². The first kappa shape index (κ1) is 26.3. The summed E-state index contributed by atoms with van der Waals surface area (Å²) in [4.78, 5) is 24.0. The van der Waals surface area contributed by atoms with Gasteiger partial charge in [-0.1, -0.05) is 24.3 Å². The molecule has 5 heterocycles. The van der Waals surface area contributed by atoms with Crippen LogP contribution in [0, 0.1) is 11.7 Å². The Morgan fingerprint density at radius 1 is 1.07 bits per heavy atom. The minimum Gasteiger partial charge on any atom is -0.396 e. The van der Waals surface area contributed by atoms with Crippen molar-refractivity contribution in [3.63, 3.8) is 0 Å². The molecule has 0 spiro atoms. The van der Waals surface area contributed by atoms with Crippen LogP contribution in [0.3, 0.4) is 0 Å². The van der Waals surface area contributed by atoms with E-state index in [9.17, 15) is 9.90 Å². The second kappa shape index (κ2) is 10.3. The van der Waals surface area contributed by atoms with Gasteiger partial charge < -0.3 is 14.9 Å². The number of amides is 1. The summed E-state index contributed by atoms with van der Waals surface area (Å²) in [5.41, 5.74) is 5.64. The fourth-order valence-electron chi connectivity index (χ4n) is 6.18. The first-order valence-electron chi connectivity index (χ1n) is 14.2. The molecule has 2 aliphatic rings. The SMILES string of the molecule is C[C@@H]1c2ccccc2CCN1C(=O)c1cc(-c2cnn(C)n2)n2nc(-c3ccc(N4CC[C@H](CO)C4)cc3F)cc2n1. The summed E-state index contributed by atoms with van der Waals surface area (Å²) >= 11 is 0. The van der Waals surface area contributed by atoms with Crippen molar-refractivity contribution in [3.05, 3.63) is 83.4 Å². The molecule has 11 heteroatoms. The van der Waals surface area contributed by atoms with Gasteiger partial charge in [0.15, 0.2) is 5.65 Å². The topological polar surface area (TPSA) is 105 Å². The number of hydrogen-bond donors (Lipinski definition) is 1. The minimum absolute atomic E-state index is 0.100. The molecule has 0 unspecified atom stereocenters. The molecular formula is C31H31FN8O2. The van der Waals surface area contributed by atoms with Gasteiger partial charge in [-0.15, -0.1) is 0 Å². The summed E-state index contributed by atoms with van der Waals surface area (Å²) in [7, 11) is 1.72. The number of fused-ring (bicyclic) bond motifs is 2. The Morgan fingerprint density at radius 2 is 1.93 bits per heavy atom. The highest BCUT2D eigenvalue weighted by molar-refractivity contribution is 5.94. The number of aliphatic hydroxyl groups excluding tert-OH is 1. The summed E-state index contributed by atoms with van der Waals surface area (Å²) in [6, 6.07) is 16.6. The number of hydrogen-bond acceptors (Lipinski definition) is 7. The van der Waals surface area contributed by atoms with Crippen LogP contribution in [0.2, 0.25) is 0 Å². The Bertz CT molecular complexity index is 1810. The predicted molar refractivity (Wildman–Crippen MR) is 155 cm³/mol. The van der Waals surface area contributed by atoms with Gasteiger partial charge in [-0.25, -0.2) is 13.9 Å². The van der Waals surface area contributed by atoms with E-state index in [1.807, 2.05) is 30.0 Å². The molecular weight excluding hydrogens is 535 g/mol. The van der Waals surface area contributed by atoms with Crippen LogP contribution in [0.5, 0.6) is 0 Å². The van der Waals surface area contributed by atoms with Crippen LogP contribution >= 0.6 is 0 Å². The summed E-state index contributed by atoms with van der Waals surface area (Å²) in [6.07, 6.45) is 3.26. The number of nitrogens with zero attached hydrogens (tertiary/aromatic N) is 8. The number of aryl methyl sites for hydroxylation is 1. The zero-order valence-corrected chi connectivity index (χ0v) is 23.5. The molecule has 0 aliphatic carbocycles. The molecule has 0 bridgehead atoms. The van der Waals surface area contributed by atoms with Crippen molar-refractivity contribution >= 4 is 17.2 Å². The van der Waals surface area contributed by atoms with E-state index in [-0.39, 0.29) is 30.2 Å². The highest BCUT2D eigenvalue weighted by atomic mass is 19.1. The average Bonchev–Trinajstić information content (AvgIpc) is 3.76. The third kappa shape index (κ3) is 4.50. The monoisotopic (exact) mass is 566 g/mol. The first-order valence-corrected chi connectivity index (χ1v) is 14.2. The van der Waals surface area contributed by atoms with Crippen molar-refractivity contribution in [1.82, 2.24) is 34.5 Å². The normalized spacial score (nSPS) is 18.6. The Labute approximate surface area is 242 Å². The van der Waals surface area contributed by atoms with Crippen LogP contribution in [-0.4, -0.2) is 71.7 Å². The van der Waals surface area contributed by atoms with Gasteiger partial charge in [0.25, 0.3) is 5.91 Å². The predicted octanol–water partition coefficient (Wildman–Crippen LogP) is 3.91. The summed E-state index contributed by atoms with van der Waals surface area (Å²) in [5.74, 6) is -0.382. The van der Waals surface area contributed by atoms with Crippen molar-refractivity contribution in [2.24, 2.45) is 13.0 Å². The second-order valence-electron chi connectivity index (χ2n) is 11.1. The lowest BCUT2D eigenvalue weighted by Gasteiger charge is -2.35. The number of anilines is 1. The molecule has 3 aromatic heterocycles. The average molecular weight is 567 g/mol. The first-order chi connectivity index (χ1) is 20.4. The van der Waals surface area contributed by atoms with Crippen LogP contribution in [-0.2, 0) is 13.5 Å². The number of halogens is 1. The molecule has 0 saturated carbocycles. The lowest BCUT2D eigenvalue weighted by molar-refractivity contribution is 0.0672. The zero-order chi connectivity index (χ0) is 29.0. The maximum Gasteiger partial charge on any atom is 0.273 e. The standard InChI is InChI=1S/C31H31FN8O2/c1-19-23-6-4-3-5-21(23)10-12-39(19)31(42)27-14-29(28-16-33-37(2)35-28)40-30(34-27)15-26(36-40)24-8-7-22(13-25(24)32)38-11-9-20(17-38)18-41/h3-8,13-16,19-20,41H,9-12,17-18H2,1-2H3/t19-,20+/m1/s1. The van der Waals surface area contributed by atoms with Gasteiger partial charge >= 0.3 is 0 Å². The maximum absolute atomic E-state index is 15.5. The highest BCUT2D eigenvalue weighted by Crippen LogP contribution is 2.33. The van der Waals surface area contributed by atoms with E-state index in [2.05, 4.69) is 27.2 Å². The Morgan fingerprint density at radius 3 is 2.69 bits per heavy atom. The van der Waals surface area contributed by atoms with E-state index in [0.29, 0.717) is 41.4 Å². The van der Waals surface area contributed by atoms with E-state index >= 15 is 4.39 Å². The van der Waals surface area contributed by atoms with Crippen molar-refractivity contribution in [2.45, 2.75) is 25.8 Å². The van der Waals surface area contributed by atoms with Gasteiger partial charge in [-0.2, -0.15) is 20.1 Å². The lowest BCUT2D eigenvalue weighted by Crippen LogP contribution is -2.39.